The number of hydrogen-bond acceptors (Lipinski definition) is 5. The van der Waals surface area contributed by atoms with Crippen molar-refractivity contribution in [2.75, 3.05) is 19.6 Å². The first-order valence-corrected chi connectivity index (χ1v) is 9.56. The van der Waals surface area contributed by atoms with Crippen LogP contribution in [0, 0.1) is 0 Å². The first-order chi connectivity index (χ1) is 10.8. The number of rotatable bonds is 5. The molecule has 3 rings (SSSR count). The maximum atomic E-state index is 12.9. The second-order valence-corrected chi connectivity index (χ2v) is 7.30. The molecule has 1 amide bonds. The van der Waals surface area contributed by atoms with Crippen molar-refractivity contribution in [3.8, 4) is 9.88 Å². The lowest BCUT2D eigenvalue weighted by atomic mass is 10.0. The molecule has 3 heterocycles. The Hall–Kier alpha value is -1.24. The maximum absolute atomic E-state index is 12.9. The van der Waals surface area contributed by atoms with Gasteiger partial charge in [-0.25, -0.2) is 4.98 Å². The predicted octanol–water partition coefficient (Wildman–Crippen LogP) is 3.48. The van der Waals surface area contributed by atoms with E-state index in [2.05, 4.69) is 17.2 Å². The minimum Gasteiger partial charge on any atom is -0.334 e. The lowest BCUT2D eigenvalue weighted by Crippen LogP contribution is -2.46. The molecule has 1 aliphatic heterocycles. The van der Waals surface area contributed by atoms with Crippen molar-refractivity contribution in [2.45, 2.75) is 32.2 Å². The first-order valence-electron chi connectivity index (χ1n) is 7.80. The minimum atomic E-state index is 0.0906. The molecule has 22 heavy (non-hydrogen) atoms. The molecule has 2 aromatic rings. The van der Waals surface area contributed by atoms with Crippen LogP contribution in [0.15, 0.2) is 22.9 Å². The van der Waals surface area contributed by atoms with Crippen molar-refractivity contribution < 1.29 is 4.79 Å². The summed E-state index contributed by atoms with van der Waals surface area (Å²) in [6, 6.07) is 4.41. The quantitative estimate of drug-likeness (QED) is 0.910. The van der Waals surface area contributed by atoms with E-state index >= 15 is 0 Å². The third kappa shape index (κ3) is 3.39. The lowest BCUT2D eigenvalue weighted by molar-refractivity contribution is 0.0637. The van der Waals surface area contributed by atoms with Crippen LogP contribution < -0.4 is 5.32 Å². The number of thiazole rings is 1. The van der Waals surface area contributed by atoms with Crippen LogP contribution in [0.25, 0.3) is 9.88 Å². The van der Waals surface area contributed by atoms with E-state index in [0.717, 1.165) is 48.8 Å². The van der Waals surface area contributed by atoms with Crippen molar-refractivity contribution in [3.05, 3.63) is 28.6 Å². The Morgan fingerprint density at radius 1 is 1.41 bits per heavy atom. The lowest BCUT2D eigenvalue weighted by Gasteiger charge is -2.34. The van der Waals surface area contributed by atoms with Gasteiger partial charge in [-0.15, -0.1) is 22.7 Å². The van der Waals surface area contributed by atoms with Gasteiger partial charge in [0.15, 0.2) is 0 Å². The molecule has 2 aromatic heterocycles. The van der Waals surface area contributed by atoms with Crippen LogP contribution in [0.5, 0.6) is 0 Å². The highest BCUT2D eigenvalue weighted by molar-refractivity contribution is 7.20. The normalized spacial score (nSPS) is 15.9. The molecule has 4 nitrogen and oxygen atoms in total. The average Bonchev–Trinajstić information content (AvgIpc) is 3.23. The Bertz CT molecular complexity index is 603. The predicted molar refractivity (Wildman–Crippen MR) is 92.6 cm³/mol. The van der Waals surface area contributed by atoms with E-state index in [-0.39, 0.29) is 5.91 Å². The van der Waals surface area contributed by atoms with Crippen LogP contribution in [0.4, 0.5) is 0 Å². The summed E-state index contributed by atoms with van der Waals surface area (Å²) < 4.78 is 0. The molecule has 1 N–H and O–H groups in total. The van der Waals surface area contributed by atoms with E-state index in [1.165, 1.54) is 0 Å². The first kappa shape index (κ1) is 15.6. The number of hydrogen-bond donors (Lipinski definition) is 1. The Balaban J connectivity index is 1.77. The average molecular weight is 335 g/mol. The molecule has 118 valence electrons. The zero-order chi connectivity index (χ0) is 15.4. The summed E-state index contributed by atoms with van der Waals surface area (Å²) in [7, 11) is 0. The van der Waals surface area contributed by atoms with Gasteiger partial charge in [-0.3, -0.25) is 4.79 Å². The summed E-state index contributed by atoms with van der Waals surface area (Å²) in [5.41, 5.74) is 0.598. The molecule has 0 unspecified atom stereocenters. The van der Waals surface area contributed by atoms with E-state index < -0.39 is 0 Å². The number of thiophene rings is 1. The van der Waals surface area contributed by atoms with E-state index in [1.807, 2.05) is 27.8 Å². The SMILES string of the molecule is CCCN(C(=O)c1csc(-c2cccs2)n1)C1CCNCC1. The summed E-state index contributed by atoms with van der Waals surface area (Å²) in [5.74, 6) is 0.0906. The molecular formula is C16H21N3OS2. The Morgan fingerprint density at radius 3 is 2.91 bits per heavy atom. The molecule has 6 heteroatoms. The molecule has 0 saturated carbocycles. The molecule has 0 spiro atoms. The van der Waals surface area contributed by atoms with Crippen LogP contribution >= 0.6 is 22.7 Å². The van der Waals surface area contributed by atoms with Gasteiger partial charge < -0.3 is 10.2 Å². The largest absolute Gasteiger partial charge is 0.334 e. The van der Waals surface area contributed by atoms with Crippen LogP contribution in [-0.2, 0) is 0 Å². The number of piperidine rings is 1. The molecule has 1 saturated heterocycles. The third-order valence-electron chi connectivity index (χ3n) is 3.93. The van der Waals surface area contributed by atoms with Gasteiger partial charge in [0.1, 0.15) is 10.7 Å². The summed E-state index contributed by atoms with van der Waals surface area (Å²) in [6.07, 6.45) is 3.05. The summed E-state index contributed by atoms with van der Waals surface area (Å²) in [6.45, 7) is 4.93. The van der Waals surface area contributed by atoms with E-state index in [1.54, 1.807) is 22.7 Å². The zero-order valence-electron chi connectivity index (χ0n) is 12.7. The molecule has 1 aliphatic rings. The van der Waals surface area contributed by atoms with Gasteiger partial charge in [0.05, 0.1) is 4.88 Å². The fourth-order valence-electron chi connectivity index (χ4n) is 2.84. The topological polar surface area (TPSA) is 45.2 Å². The Kier molecular flexibility index (Phi) is 5.23. The van der Waals surface area contributed by atoms with Crippen molar-refractivity contribution in [1.82, 2.24) is 15.2 Å². The number of carbonyl (C=O) groups is 1. The Labute approximate surface area is 139 Å². The third-order valence-corrected chi connectivity index (χ3v) is 5.81. The molecule has 0 radical (unpaired) electrons. The van der Waals surface area contributed by atoms with Crippen LogP contribution in [0.3, 0.4) is 0 Å². The molecule has 1 fully saturated rings. The highest BCUT2D eigenvalue weighted by Crippen LogP contribution is 2.28. The van der Waals surface area contributed by atoms with Gasteiger partial charge in [-0.1, -0.05) is 13.0 Å². The van der Waals surface area contributed by atoms with E-state index in [4.69, 9.17) is 0 Å². The van der Waals surface area contributed by atoms with Gasteiger partial charge in [0, 0.05) is 18.0 Å². The highest BCUT2D eigenvalue weighted by atomic mass is 32.1. The van der Waals surface area contributed by atoms with Gasteiger partial charge in [-0.2, -0.15) is 0 Å². The van der Waals surface area contributed by atoms with Crippen molar-refractivity contribution >= 4 is 28.6 Å². The Morgan fingerprint density at radius 2 is 2.23 bits per heavy atom. The van der Waals surface area contributed by atoms with E-state index in [9.17, 15) is 4.79 Å². The van der Waals surface area contributed by atoms with Gasteiger partial charge in [0.2, 0.25) is 0 Å². The fourth-order valence-corrected chi connectivity index (χ4v) is 4.45. The summed E-state index contributed by atoms with van der Waals surface area (Å²) in [5, 5.41) is 8.25. The number of carbonyl (C=O) groups excluding carboxylic acids is 1. The van der Waals surface area contributed by atoms with Crippen LogP contribution in [0.1, 0.15) is 36.7 Å². The van der Waals surface area contributed by atoms with Gasteiger partial charge in [-0.05, 0) is 43.8 Å². The minimum absolute atomic E-state index is 0.0906. The molecule has 0 aliphatic carbocycles. The summed E-state index contributed by atoms with van der Waals surface area (Å²) in [4.78, 5) is 20.6. The molecule has 0 aromatic carbocycles. The number of aromatic nitrogens is 1. The number of nitrogens with zero attached hydrogens (tertiary/aromatic N) is 2. The smallest absolute Gasteiger partial charge is 0.273 e. The maximum Gasteiger partial charge on any atom is 0.273 e. The second-order valence-electron chi connectivity index (χ2n) is 5.49. The zero-order valence-corrected chi connectivity index (χ0v) is 14.4. The van der Waals surface area contributed by atoms with Crippen molar-refractivity contribution in [1.29, 1.82) is 0 Å². The number of amides is 1. The number of nitrogens with one attached hydrogen (secondary N) is 1. The van der Waals surface area contributed by atoms with Gasteiger partial charge in [0.25, 0.3) is 5.91 Å². The standard InChI is InChI=1S/C16H21N3OS2/c1-2-9-19(12-5-7-17-8-6-12)16(20)13-11-22-15(18-13)14-4-3-10-21-14/h3-4,10-12,17H,2,5-9H2,1H3. The highest BCUT2D eigenvalue weighted by Gasteiger charge is 2.27. The molecule has 0 bridgehead atoms. The van der Waals surface area contributed by atoms with Crippen LogP contribution in [0.2, 0.25) is 0 Å². The summed E-state index contributed by atoms with van der Waals surface area (Å²) >= 11 is 3.22. The van der Waals surface area contributed by atoms with Gasteiger partial charge >= 0.3 is 0 Å². The molecule has 0 atom stereocenters. The fraction of sp³-hybridized carbons (Fsp3) is 0.500. The molecular weight excluding hydrogens is 314 g/mol. The van der Waals surface area contributed by atoms with Crippen molar-refractivity contribution in [3.63, 3.8) is 0 Å². The second kappa shape index (κ2) is 7.35. The van der Waals surface area contributed by atoms with Crippen LogP contribution in [-0.4, -0.2) is 41.5 Å². The monoisotopic (exact) mass is 335 g/mol. The van der Waals surface area contributed by atoms with E-state index in [0.29, 0.717) is 11.7 Å². The van der Waals surface area contributed by atoms with Crippen molar-refractivity contribution in [2.24, 2.45) is 0 Å².